The van der Waals surface area contributed by atoms with Crippen LogP contribution in [0.2, 0.25) is 0 Å². The number of hydrogen-bond donors (Lipinski definition) is 2. The summed E-state index contributed by atoms with van der Waals surface area (Å²) < 4.78 is 5.77. The maximum absolute atomic E-state index is 12.6. The minimum absolute atomic E-state index is 0.0851. The Morgan fingerprint density at radius 1 is 1.10 bits per heavy atom. The van der Waals surface area contributed by atoms with Crippen molar-refractivity contribution in [3.63, 3.8) is 0 Å². The Kier molecular flexibility index (Phi) is 7.53. The zero-order valence-electron chi connectivity index (χ0n) is 17.9. The number of carbonyl (C=O) groups is 1. The monoisotopic (exact) mass is 396 g/mol. The van der Waals surface area contributed by atoms with E-state index in [1.54, 1.807) is 0 Å². The number of quaternary nitrogens is 1. The number of anilines is 1. The summed E-state index contributed by atoms with van der Waals surface area (Å²) in [5, 5.41) is 3.23. The smallest absolute Gasteiger partial charge is 0.275 e. The van der Waals surface area contributed by atoms with Gasteiger partial charge in [0.15, 0.2) is 6.54 Å². The Balaban J connectivity index is 1.51. The third-order valence-electron chi connectivity index (χ3n) is 5.61. The fraction of sp³-hybridized carbons (Fsp3) is 0.458. The molecular weight excluding hydrogens is 362 g/mol. The summed E-state index contributed by atoms with van der Waals surface area (Å²) in [5.41, 5.74) is 3.57. The Morgan fingerprint density at radius 2 is 1.79 bits per heavy atom. The summed E-state index contributed by atoms with van der Waals surface area (Å²) in [6.45, 7) is 11.2. The van der Waals surface area contributed by atoms with Gasteiger partial charge in [0, 0.05) is 0 Å². The lowest BCUT2D eigenvalue weighted by Gasteiger charge is -2.34. The van der Waals surface area contributed by atoms with Crippen LogP contribution in [0.25, 0.3) is 0 Å². The third kappa shape index (κ3) is 5.73. The molecular formula is C24H34N3O2+. The van der Waals surface area contributed by atoms with Gasteiger partial charge in [0.25, 0.3) is 5.91 Å². The molecule has 1 fully saturated rings. The molecule has 156 valence electrons. The second-order valence-electron chi connectivity index (χ2n) is 7.75. The molecule has 2 N–H and O–H groups in total. The largest absolute Gasteiger partial charge is 0.492 e. The van der Waals surface area contributed by atoms with Gasteiger partial charge in [0.1, 0.15) is 5.75 Å². The highest BCUT2D eigenvalue weighted by Crippen LogP contribution is 2.27. The molecule has 1 saturated heterocycles. The molecule has 0 radical (unpaired) electrons. The van der Waals surface area contributed by atoms with E-state index in [9.17, 15) is 4.79 Å². The van der Waals surface area contributed by atoms with Gasteiger partial charge in [-0.1, -0.05) is 48.9 Å². The van der Waals surface area contributed by atoms with E-state index in [1.807, 2.05) is 19.1 Å². The summed E-state index contributed by atoms with van der Waals surface area (Å²) in [4.78, 5) is 16.4. The second-order valence-corrected chi connectivity index (χ2v) is 7.75. The van der Waals surface area contributed by atoms with Crippen LogP contribution in [0.1, 0.15) is 37.4 Å². The maximum atomic E-state index is 12.6. The number of para-hydroxylation sites is 2. The van der Waals surface area contributed by atoms with Crippen LogP contribution in [0, 0.1) is 6.92 Å². The maximum Gasteiger partial charge on any atom is 0.275 e. The number of amides is 1. The number of benzene rings is 2. The van der Waals surface area contributed by atoms with Crippen molar-refractivity contribution in [2.24, 2.45) is 0 Å². The van der Waals surface area contributed by atoms with Crippen LogP contribution in [-0.4, -0.2) is 45.2 Å². The van der Waals surface area contributed by atoms with E-state index >= 15 is 0 Å². The number of piperazine rings is 1. The van der Waals surface area contributed by atoms with Crippen LogP contribution in [0.4, 0.5) is 5.69 Å². The topological polar surface area (TPSA) is 46.0 Å². The number of ether oxygens (including phenoxy) is 1. The number of nitrogens with one attached hydrogen (secondary N) is 2. The highest BCUT2D eigenvalue weighted by molar-refractivity contribution is 5.77. The summed E-state index contributed by atoms with van der Waals surface area (Å²) in [6.07, 6.45) is 0.895. The van der Waals surface area contributed by atoms with Gasteiger partial charge >= 0.3 is 0 Å². The molecule has 3 rings (SSSR count). The van der Waals surface area contributed by atoms with E-state index in [0.29, 0.717) is 13.2 Å². The minimum atomic E-state index is 0.0851. The molecule has 2 aromatic rings. The molecule has 0 spiro atoms. The van der Waals surface area contributed by atoms with Crippen molar-refractivity contribution in [3.05, 3.63) is 59.7 Å². The molecule has 0 bridgehead atoms. The van der Waals surface area contributed by atoms with Crippen LogP contribution in [0.3, 0.4) is 0 Å². The molecule has 1 amide bonds. The van der Waals surface area contributed by atoms with E-state index in [4.69, 9.17) is 4.74 Å². The summed E-state index contributed by atoms with van der Waals surface area (Å²) in [7, 11) is 0. The minimum Gasteiger partial charge on any atom is -0.492 e. The van der Waals surface area contributed by atoms with E-state index in [2.05, 4.69) is 60.5 Å². The zero-order valence-corrected chi connectivity index (χ0v) is 17.9. The molecule has 1 heterocycles. The van der Waals surface area contributed by atoms with Crippen molar-refractivity contribution >= 4 is 11.6 Å². The van der Waals surface area contributed by atoms with E-state index in [1.165, 1.54) is 16.0 Å². The molecule has 2 aromatic carbocycles. The average molecular weight is 397 g/mol. The second kappa shape index (κ2) is 10.3. The SMILES string of the molecule is CCOc1ccccc1N1CC[NH+](CC(=O)N[C@H](CC)c2ccc(C)cc2)CC1. The van der Waals surface area contributed by atoms with Crippen molar-refractivity contribution in [2.45, 2.75) is 33.2 Å². The average Bonchev–Trinajstić information content (AvgIpc) is 2.74. The fourth-order valence-corrected chi connectivity index (χ4v) is 3.93. The van der Waals surface area contributed by atoms with E-state index < -0.39 is 0 Å². The lowest BCUT2D eigenvalue weighted by molar-refractivity contribution is -0.892. The Labute approximate surface area is 174 Å². The molecule has 5 nitrogen and oxygen atoms in total. The highest BCUT2D eigenvalue weighted by atomic mass is 16.5. The van der Waals surface area contributed by atoms with Gasteiger partial charge in [-0.25, -0.2) is 0 Å². The quantitative estimate of drug-likeness (QED) is 0.720. The van der Waals surface area contributed by atoms with Crippen LogP contribution in [0.5, 0.6) is 5.75 Å². The lowest BCUT2D eigenvalue weighted by Crippen LogP contribution is -3.16. The van der Waals surface area contributed by atoms with E-state index in [-0.39, 0.29) is 11.9 Å². The van der Waals surface area contributed by atoms with Gasteiger partial charge in [-0.15, -0.1) is 0 Å². The van der Waals surface area contributed by atoms with Crippen molar-refractivity contribution in [3.8, 4) is 5.75 Å². The predicted molar refractivity (Wildman–Crippen MR) is 118 cm³/mol. The third-order valence-corrected chi connectivity index (χ3v) is 5.61. The van der Waals surface area contributed by atoms with Gasteiger partial charge in [-0.05, 0) is 38.0 Å². The van der Waals surface area contributed by atoms with Crippen molar-refractivity contribution in [2.75, 3.05) is 44.2 Å². The van der Waals surface area contributed by atoms with Gasteiger partial charge in [0.05, 0.1) is 44.5 Å². The van der Waals surface area contributed by atoms with Gasteiger partial charge in [0.2, 0.25) is 0 Å². The standard InChI is InChI=1S/C24H33N3O2/c1-4-21(20-12-10-19(3)11-13-20)25-24(28)18-26-14-16-27(17-15-26)22-8-6-7-9-23(22)29-5-2/h6-13,21H,4-5,14-18H2,1-3H3,(H,25,28)/p+1/t21-/m1/s1. The summed E-state index contributed by atoms with van der Waals surface area (Å²) in [5.74, 6) is 1.08. The number of rotatable bonds is 8. The van der Waals surface area contributed by atoms with Gasteiger partial charge < -0.3 is 19.9 Å². The predicted octanol–water partition coefficient (Wildman–Crippen LogP) is 2.37. The Morgan fingerprint density at radius 3 is 2.45 bits per heavy atom. The number of hydrogen-bond acceptors (Lipinski definition) is 3. The Hall–Kier alpha value is -2.53. The molecule has 0 aliphatic carbocycles. The van der Waals surface area contributed by atoms with Crippen molar-refractivity contribution in [1.82, 2.24) is 5.32 Å². The first-order valence-corrected chi connectivity index (χ1v) is 10.8. The van der Waals surface area contributed by atoms with Crippen LogP contribution in [-0.2, 0) is 4.79 Å². The van der Waals surface area contributed by atoms with Crippen LogP contribution in [0.15, 0.2) is 48.5 Å². The molecule has 1 aliphatic rings. The molecule has 0 saturated carbocycles. The first kappa shape index (κ1) is 21.2. The van der Waals surface area contributed by atoms with Crippen LogP contribution < -0.4 is 19.9 Å². The molecule has 29 heavy (non-hydrogen) atoms. The first-order valence-electron chi connectivity index (χ1n) is 10.8. The summed E-state index contributed by atoms with van der Waals surface area (Å²) in [6, 6.07) is 16.7. The van der Waals surface area contributed by atoms with Gasteiger partial charge in [-0.2, -0.15) is 0 Å². The molecule has 0 aromatic heterocycles. The van der Waals surface area contributed by atoms with Crippen molar-refractivity contribution < 1.29 is 14.4 Å². The molecule has 1 aliphatic heterocycles. The van der Waals surface area contributed by atoms with Crippen molar-refractivity contribution in [1.29, 1.82) is 0 Å². The molecule has 5 heteroatoms. The number of nitrogens with zero attached hydrogens (tertiary/aromatic N) is 1. The number of carbonyl (C=O) groups excluding carboxylic acids is 1. The fourth-order valence-electron chi connectivity index (χ4n) is 3.93. The lowest BCUT2D eigenvalue weighted by atomic mass is 10.0. The first-order chi connectivity index (χ1) is 14.1. The van der Waals surface area contributed by atoms with Crippen LogP contribution >= 0.6 is 0 Å². The van der Waals surface area contributed by atoms with Gasteiger partial charge in [-0.3, -0.25) is 4.79 Å². The highest BCUT2D eigenvalue weighted by Gasteiger charge is 2.24. The molecule has 1 atom stereocenters. The van der Waals surface area contributed by atoms with E-state index in [0.717, 1.165) is 44.0 Å². The summed E-state index contributed by atoms with van der Waals surface area (Å²) >= 11 is 0. The normalized spacial score (nSPS) is 15.8. The zero-order chi connectivity index (χ0) is 20.6. The molecule has 0 unspecified atom stereocenters. The number of aryl methyl sites for hydroxylation is 1. The Bertz CT molecular complexity index is 783.